The lowest BCUT2D eigenvalue weighted by Crippen LogP contribution is -2.37. The standard InChI is InChI=1S/C14H13N3O2/c18-15-10-12-6-8-17(9-7-12)11-14(16-19)13-4-2-1-3-5-13/h1-10,19H,11H2/p+1. The van der Waals surface area contributed by atoms with Crippen LogP contribution >= 0.6 is 0 Å². The van der Waals surface area contributed by atoms with Crippen molar-refractivity contribution in [2.24, 2.45) is 10.3 Å². The van der Waals surface area contributed by atoms with Crippen molar-refractivity contribution >= 4 is 11.9 Å². The van der Waals surface area contributed by atoms with Gasteiger partial charge in [0.2, 0.25) is 0 Å². The summed E-state index contributed by atoms with van der Waals surface area (Å²) in [6.45, 7) is 0.455. The van der Waals surface area contributed by atoms with Gasteiger partial charge >= 0.3 is 0 Å². The van der Waals surface area contributed by atoms with E-state index >= 15 is 0 Å². The third-order valence-electron chi connectivity index (χ3n) is 2.68. The Kier molecular flexibility index (Phi) is 4.23. The molecular weight excluding hydrogens is 242 g/mol. The van der Waals surface area contributed by atoms with Crippen molar-refractivity contribution < 1.29 is 15.0 Å². The Labute approximate surface area is 110 Å². The maximum absolute atomic E-state index is 9.10. The molecule has 2 aromatic rings. The molecule has 0 saturated carbocycles. The molecule has 0 amide bonds. The Morgan fingerprint density at radius 2 is 1.74 bits per heavy atom. The second-order valence-corrected chi connectivity index (χ2v) is 3.96. The Balaban J connectivity index is 2.15. The van der Waals surface area contributed by atoms with Crippen LogP contribution in [0.5, 0.6) is 0 Å². The summed E-state index contributed by atoms with van der Waals surface area (Å²) < 4.78 is 1.87. The second kappa shape index (κ2) is 6.30. The van der Waals surface area contributed by atoms with Crippen LogP contribution in [0.25, 0.3) is 0 Å². The van der Waals surface area contributed by atoms with Crippen molar-refractivity contribution in [3.05, 3.63) is 66.0 Å². The SMILES string of the molecule is ON=Cc1cc[n+](CC(=NO)c2ccccc2)cc1. The van der Waals surface area contributed by atoms with Gasteiger partial charge < -0.3 is 10.4 Å². The van der Waals surface area contributed by atoms with E-state index in [9.17, 15) is 0 Å². The Hall–Kier alpha value is -2.69. The third kappa shape index (κ3) is 3.38. The first-order valence-electron chi connectivity index (χ1n) is 5.76. The average molecular weight is 256 g/mol. The van der Waals surface area contributed by atoms with Gasteiger partial charge in [-0.25, -0.2) is 0 Å². The molecule has 0 bridgehead atoms. The van der Waals surface area contributed by atoms with Crippen LogP contribution in [0.15, 0.2) is 65.2 Å². The zero-order valence-corrected chi connectivity index (χ0v) is 10.2. The summed E-state index contributed by atoms with van der Waals surface area (Å²) in [5.41, 5.74) is 2.24. The van der Waals surface area contributed by atoms with Crippen LogP contribution in [0.1, 0.15) is 11.1 Å². The zero-order chi connectivity index (χ0) is 13.5. The summed E-state index contributed by atoms with van der Waals surface area (Å²) in [5, 5.41) is 23.8. The molecule has 19 heavy (non-hydrogen) atoms. The molecule has 0 saturated heterocycles. The fraction of sp³-hybridized carbons (Fsp3) is 0.0714. The Bertz CT molecular complexity index is 577. The molecule has 0 unspecified atom stereocenters. The molecule has 0 atom stereocenters. The predicted molar refractivity (Wildman–Crippen MR) is 70.8 cm³/mol. The van der Waals surface area contributed by atoms with Crippen molar-refractivity contribution in [1.29, 1.82) is 0 Å². The molecule has 0 spiro atoms. The van der Waals surface area contributed by atoms with Crippen LogP contribution in [0.4, 0.5) is 0 Å². The van der Waals surface area contributed by atoms with Gasteiger partial charge in [0.25, 0.3) is 0 Å². The Morgan fingerprint density at radius 3 is 2.32 bits per heavy atom. The number of hydrogen-bond acceptors (Lipinski definition) is 4. The van der Waals surface area contributed by atoms with Gasteiger partial charge in [0.05, 0.1) is 6.21 Å². The van der Waals surface area contributed by atoms with Gasteiger partial charge in [0.15, 0.2) is 24.7 Å². The van der Waals surface area contributed by atoms with E-state index in [1.165, 1.54) is 6.21 Å². The van der Waals surface area contributed by atoms with E-state index in [1.54, 1.807) is 12.1 Å². The third-order valence-corrected chi connectivity index (χ3v) is 2.68. The van der Waals surface area contributed by atoms with Crippen molar-refractivity contribution in [2.45, 2.75) is 6.54 Å². The summed E-state index contributed by atoms with van der Waals surface area (Å²) >= 11 is 0. The summed E-state index contributed by atoms with van der Waals surface area (Å²) in [6.07, 6.45) is 5.00. The fourth-order valence-electron chi connectivity index (χ4n) is 1.71. The van der Waals surface area contributed by atoms with Gasteiger partial charge in [-0.2, -0.15) is 4.57 Å². The minimum absolute atomic E-state index is 0.455. The van der Waals surface area contributed by atoms with Crippen LogP contribution < -0.4 is 4.57 Å². The maximum Gasteiger partial charge on any atom is 0.194 e. The molecule has 0 aliphatic rings. The van der Waals surface area contributed by atoms with Crippen LogP contribution in [-0.4, -0.2) is 22.3 Å². The number of pyridine rings is 1. The monoisotopic (exact) mass is 256 g/mol. The lowest BCUT2D eigenvalue weighted by Gasteiger charge is -2.01. The van der Waals surface area contributed by atoms with Gasteiger partial charge in [-0.15, -0.1) is 0 Å². The van der Waals surface area contributed by atoms with E-state index in [1.807, 2.05) is 47.3 Å². The number of oxime groups is 2. The van der Waals surface area contributed by atoms with Gasteiger partial charge in [-0.05, 0) is 0 Å². The molecule has 0 aliphatic heterocycles. The predicted octanol–water partition coefficient (Wildman–Crippen LogP) is 1.66. The summed E-state index contributed by atoms with van der Waals surface area (Å²) in [4.78, 5) is 0. The lowest BCUT2D eigenvalue weighted by molar-refractivity contribution is -0.681. The van der Waals surface area contributed by atoms with E-state index in [0.29, 0.717) is 12.3 Å². The number of nitrogens with zero attached hydrogens (tertiary/aromatic N) is 3. The van der Waals surface area contributed by atoms with Gasteiger partial charge in [-0.3, -0.25) is 0 Å². The van der Waals surface area contributed by atoms with Crippen LogP contribution in [-0.2, 0) is 6.54 Å². The molecule has 0 radical (unpaired) electrons. The fourth-order valence-corrected chi connectivity index (χ4v) is 1.71. The largest absolute Gasteiger partial charge is 0.411 e. The minimum Gasteiger partial charge on any atom is -0.411 e. The summed E-state index contributed by atoms with van der Waals surface area (Å²) in [5.74, 6) is 0. The van der Waals surface area contributed by atoms with Crippen molar-refractivity contribution in [1.82, 2.24) is 0 Å². The quantitative estimate of drug-likeness (QED) is 0.378. The van der Waals surface area contributed by atoms with Gasteiger partial charge in [-0.1, -0.05) is 40.6 Å². The molecule has 2 N–H and O–H groups in total. The first kappa shape index (κ1) is 12.8. The van der Waals surface area contributed by atoms with E-state index < -0.39 is 0 Å². The van der Waals surface area contributed by atoms with E-state index in [2.05, 4.69) is 10.3 Å². The molecule has 5 nitrogen and oxygen atoms in total. The molecule has 1 heterocycles. The molecule has 5 heteroatoms. The van der Waals surface area contributed by atoms with Crippen LogP contribution in [0, 0.1) is 0 Å². The highest BCUT2D eigenvalue weighted by Crippen LogP contribution is 2.01. The Morgan fingerprint density at radius 1 is 1.05 bits per heavy atom. The normalized spacial score (nSPS) is 11.9. The first-order valence-corrected chi connectivity index (χ1v) is 5.76. The van der Waals surface area contributed by atoms with Gasteiger partial charge in [0.1, 0.15) is 0 Å². The minimum atomic E-state index is 0.455. The van der Waals surface area contributed by atoms with E-state index in [0.717, 1.165) is 11.1 Å². The highest BCUT2D eigenvalue weighted by molar-refractivity contribution is 5.99. The number of rotatable bonds is 4. The van der Waals surface area contributed by atoms with Crippen LogP contribution in [0.3, 0.4) is 0 Å². The van der Waals surface area contributed by atoms with Crippen molar-refractivity contribution in [3.63, 3.8) is 0 Å². The van der Waals surface area contributed by atoms with E-state index in [4.69, 9.17) is 10.4 Å². The lowest BCUT2D eigenvalue weighted by atomic mass is 10.1. The number of aromatic nitrogens is 1. The summed E-state index contributed by atoms with van der Waals surface area (Å²) in [6, 6.07) is 13.1. The van der Waals surface area contributed by atoms with Crippen molar-refractivity contribution in [2.75, 3.05) is 0 Å². The van der Waals surface area contributed by atoms with E-state index in [-0.39, 0.29) is 0 Å². The highest BCUT2D eigenvalue weighted by Gasteiger charge is 2.10. The molecule has 0 aliphatic carbocycles. The second-order valence-electron chi connectivity index (χ2n) is 3.96. The highest BCUT2D eigenvalue weighted by atomic mass is 16.4. The molecule has 2 rings (SSSR count). The number of hydrogen-bond donors (Lipinski definition) is 2. The molecule has 96 valence electrons. The number of benzene rings is 1. The van der Waals surface area contributed by atoms with Gasteiger partial charge in [0, 0.05) is 23.3 Å². The molecule has 0 fully saturated rings. The topological polar surface area (TPSA) is 69.1 Å². The van der Waals surface area contributed by atoms with Crippen molar-refractivity contribution in [3.8, 4) is 0 Å². The summed E-state index contributed by atoms with van der Waals surface area (Å²) in [7, 11) is 0. The average Bonchev–Trinajstić information content (AvgIpc) is 2.48. The molecular formula is C14H14N3O2+. The first-order chi connectivity index (χ1) is 9.33. The van der Waals surface area contributed by atoms with Crippen LogP contribution in [0.2, 0.25) is 0 Å². The smallest absolute Gasteiger partial charge is 0.194 e. The maximum atomic E-state index is 9.10. The molecule has 1 aromatic heterocycles. The zero-order valence-electron chi connectivity index (χ0n) is 10.2. The molecule has 1 aromatic carbocycles.